The molecule has 194 valence electrons. The number of anilines is 1. The molecule has 0 bridgehead atoms. The van der Waals surface area contributed by atoms with Crippen molar-refractivity contribution < 1.29 is 14.3 Å². The molecule has 6 nitrogen and oxygen atoms in total. The first-order valence-electron chi connectivity index (χ1n) is 12.8. The Bertz CT molecular complexity index is 1390. The van der Waals surface area contributed by atoms with Crippen molar-refractivity contribution in [3.05, 3.63) is 107 Å². The monoisotopic (exact) mass is 525 g/mol. The molecule has 1 aliphatic carbocycles. The number of hydrogen-bond acceptors (Lipinski definition) is 6. The Labute approximate surface area is 227 Å². The smallest absolute Gasteiger partial charge is 0.337 e. The molecule has 38 heavy (non-hydrogen) atoms. The highest BCUT2D eigenvalue weighted by atomic mass is 32.2. The minimum Gasteiger partial charge on any atom is -0.465 e. The Balaban J connectivity index is 1.31. The summed E-state index contributed by atoms with van der Waals surface area (Å²) in [6.45, 7) is 3.80. The van der Waals surface area contributed by atoms with E-state index in [0.717, 1.165) is 33.8 Å². The normalized spacial score (nSPS) is 20.6. The van der Waals surface area contributed by atoms with Gasteiger partial charge in [-0.1, -0.05) is 48.6 Å². The molecule has 0 saturated heterocycles. The second kappa shape index (κ2) is 11.3. The van der Waals surface area contributed by atoms with Gasteiger partial charge in [-0.25, -0.2) is 10.2 Å². The van der Waals surface area contributed by atoms with Crippen LogP contribution in [0.1, 0.15) is 59.3 Å². The number of carbonyl (C=O) groups is 2. The van der Waals surface area contributed by atoms with E-state index < -0.39 is 0 Å². The maximum Gasteiger partial charge on any atom is 0.337 e. The number of nitrogens with zero attached hydrogens (tertiary/aromatic N) is 1. The summed E-state index contributed by atoms with van der Waals surface area (Å²) in [5, 5.41) is 7.88. The van der Waals surface area contributed by atoms with Crippen LogP contribution >= 0.6 is 11.8 Å². The first-order chi connectivity index (χ1) is 18.4. The molecule has 0 unspecified atom stereocenters. The van der Waals surface area contributed by atoms with Gasteiger partial charge in [0.1, 0.15) is 0 Å². The number of rotatable bonds is 7. The quantitative estimate of drug-likeness (QED) is 0.124. The van der Waals surface area contributed by atoms with Crippen molar-refractivity contribution in [3.63, 3.8) is 0 Å². The average molecular weight is 526 g/mol. The second-order valence-electron chi connectivity index (χ2n) is 9.64. The van der Waals surface area contributed by atoms with Crippen molar-refractivity contribution >= 4 is 35.0 Å². The molecular formula is C31H31N3O3S. The number of thioether (sulfide) groups is 1. The van der Waals surface area contributed by atoms with Gasteiger partial charge in [-0.05, 0) is 79.3 Å². The molecule has 2 N–H and O–H groups in total. The van der Waals surface area contributed by atoms with Gasteiger partial charge in [-0.2, -0.15) is 5.10 Å². The van der Waals surface area contributed by atoms with E-state index in [1.54, 1.807) is 0 Å². The van der Waals surface area contributed by atoms with Crippen LogP contribution in [0.5, 0.6) is 0 Å². The van der Waals surface area contributed by atoms with E-state index in [-0.39, 0.29) is 29.1 Å². The number of amides is 1. The van der Waals surface area contributed by atoms with E-state index in [1.165, 1.54) is 24.4 Å². The zero-order chi connectivity index (χ0) is 26.6. The summed E-state index contributed by atoms with van der Waals surface area (Å²) < 4.78 is 4.84. The van der Waals surface area contributed by atoms with Crippen molar-refractivity contribution in [2.24, 2.45) is 11.0 Å². The molecule has 1 amide bonds. The Kier molecular flexibility index (Phi) is 7.65. The molecule has 1 aliphatic heterocycles. The molecule has 1 heterocycles. The van der Waals surface area contributed by atoms with Crippen molar-refractivity contribution in [3.8, 4) is 0 Å². The summed E-state index contributed by atoms with van der Waals surface area (Å²) >= 11 is 1.51. The standard InChI is InChI=1S/C31H31N3O3S/c1-19(33-34-30(35)20(2)38-24-8-5-4-6-9-24)23-16-17-28-27(18-23)25-10-7-11-26(25)29(32-28)21-12-14-22(15-13-21)31(36)37-3/h4-10,12-18,20,25-26,29,32H,11H2,1-3H3,(H,34,35)/b33-19-/t20-,25+,26-,29-/m0/s1. The summed E-state index contributed by atoms with van der Waals surface area (Å²) in [6.07, 6.45) is 5.52. The minimum absolute atomic E-state index is 0.127. The molecule has 0 radical (unpaired) electrons. The van der Waals surface area contributed by atoms with Crippen LogP contribution in [0.3, 0.4) is 0 Å². The Morgan fingerprint density at radius 2 is 1.79 bits per heavy atom. The minimum atomic E-state index is -0.330. The Morgan fingerprint density at radius 3 is 2.53 bits per heavy atom. The number of benzene rings is 3. The van der Waals surface area contributed by atoms with Crippen LogP contribution in [0.25, 0.3) is 0 Å². The van der Waals surface area contributed by atoms with Gasteiger partial charge >= 0.3 is 5.97 Å². The highest BCUT2D eigenvalue weighted by Crippen LogP contribution is 2.50. The van der Waals surface area contributed by atoms with Crippen molar-refractivity contribution in [2.75, 3.05) is 12.4 Å². The fourth-order valence-corrected chi connectivity index (χ4v) is 6.03. The number of ether oxygens (including phenoxy) is 1. The second-order valence-corrected chi connectivity index (χ2v) is 11.1. The van der Waals surface area contributed by atoms with Gasteiger partial charge in [0.2, 0.25) is 0 Å². The van der Waals surface area contributed by atoms with Crippen LogP contribution < -0.4 is 10.7 Å². The zero-order valence-electron chi connectivity index (χ0n) is 21.7. The number of methoxy groups -OCH3 is 1. The highest BCUT2D eigenvalue weighted by molar-refractivity contribution is 8.00. The van der Waals surface area contributed by atoms with Gasteiger partial charge in [0, 0.05) is 16.5 Å². The van der Waals surface area contributed by atoms with Crippen LogP contribution in [0.4, 0.5) is 5.69 Å². The Hall–Kier alpha value is -3.84. The zero-order valence-corrected chi connectivity index (χ0v) is 22.5. The topological polar surface area (TPSA) is 79.8 Å². The third-order valence-corrected chi connectivity index (χ3v) is 8.34. The first-order valence-corrected chi connectivity index (χ1v) is 13.6. The number of esters is 1. The fourth-order valence-electron chi connectivity index (χ4n) is 5.14. The van der Waals surface area contributed by atoms with Crippen LogP contribution in [-0.4, -0.2) is 29.9 Å². The summed E-state index contributed by atoms with van der Waals surface area (Å²) in [4.78, 5) is 25.5. The SMILES string of the molecule is COC(=O)c1ccc([C@@H]2Nc3ccc(/C(C)=N\NC(=O)[C@H](C)Sc4ccccc4)cc3[C@@H]3C=CC[C@@H]32)cc1. The van der Waals surface area contributed by atoms with Crippen molar-refractivity contribution in [1.29, 1.82) is 0 Å². The van der Waals surface area contributed by atoms with Gasteiger partial charge in [0.25, 0.3) is 5.91 Å². The predicted octanol–water partition coefficient (Wildman–Crippen LogP) is 6.32. The lowest BCUT2D eigenvalue weighted by Crippen LogP contribution is -2.29. The van der Waals surface area contributed by atoms with E-state index in [9.17, 15) is 9.59 Å². The number of allylic oxidation sites excluding steroid dienone is 2. The van der Waals surface area contributed by atoms with E-state index in [4.69, 9.17) is 4.74 Å². The maximum absolute atomic E-state index is 12.6. The predicted molar refractivity (Wildman–Crippen MR) is 153 cm³/mol. The molecule has 5 rings (SSSR count). The van der Waals surface area contributed by atoms with Gasteiger partial charge in [0.15, 0.2) is 0 Å². The van der Waals surface area contributed by atoms with Crippen molar-refractivity contribution in [1.82, 2.24) is 5.43 Å². The third-order valence-electron chi connectivity index (χ3n) is 7.23. The van der Waals surface area contributed by atoms with Crippen LogP contribution in [0.15, 0.2) is 94.9 Å². The molecule has 3 aromatic carbocycles. The van der Waals surface area contributed by atoms with E-state index >= 15 is 0 Å². The Morgan fingerprint density at radius 1 is 1.05 bits per heavy atom. The van der Waals surface area contributed by atoms with Crippen LogP contribution in [0.2, 0.25) is 0 Å². The van der Waals surface area contributed by atoms with Crippen molar-refractivity contribution in [2.45, 2.75) is 42.4 Å². The third kappa shape index (κ3) is 5.38. The molecule has 3 aromatic rings. The van der Waals surface area contributed by atoms with Gasteiger partial charge in [-0.3, -0.25) is 4.79 Å². The highest BCUT2D eigenvalue weighted by Gasteiger charge is 2.38. The maximum atomic E-state index is 12.6. The summed E-state index contributed by atoms with van der Waals surface area (Å²) in [5.41, 5.74) is 8.50. The van der Waals surface area contributed by atoms with Gasteiger partial charge < -0.3 is 10.1 Å². The number of hydrogen-bond donors (Lipinski definition) is 2. The average Bonchev–Trinajstić information content (AvgIpc) is 3.46. The van der Waals surface area contributed by atoms with Crippen LogP contribution in [0, 0.1) is 5.92 Å². The molecule has 4 atom stereocenters. The molecule has 0 aromatic heterocycles. The largest absolute Gasteiger partial charge is 0.465 e. The summed E-state index contributed by atoms with van der Waals surface area (Å²) in [6, 6.07) is 24.0. The number of fused-ring (bicyclic) bond motifs is 3. The molecule has 7 heteroatoms. The number of nitrogens with one attached hydrogen (secondary N) is 2. The molecule has 0 fully saturated rings. The first kappa shape index (κ1) is 25.8. The number of hydrazone groups is 1. The molecule has 0 spiro atoms. The molecule has 2 aliphatic rings. The van der Waals surface area contributed by atoms with E-state index in [0.29, 0.717) is 11.5 Å². The summed E-state index contributed by atoms with van der Waals surface area (Å²) in [7, 11) is 1.39. The van der Waals surface area contributed by atoms with E-state index in [1.807, 2.05) is 74.5 Å². The molecular weight excluding hydrogens is 494 g/mol. The fraction of sp³-hybridized carbons (Fsp3) is 0.258. The lowest BCUT2D eigenvalue weighted by atomic mass is 9.76. The van der Waals surface area contributed by atoms with Crippen LogP contribution in [-0.2, 0) is 9.53 Å². The lowest BCUT2D eigenvalue weighted by Gasteiger charge is -2.37. The molecule has 0 saturated carbocycles. The van der Waals surface area contributed by atoms with Gasteiger partial charge in [0.05, 0.1) is 29.7 Å². The summed E-state index contributed by atoms with van der Waals surface area (Å²) in [5.74, 6) is 0.192. The number of carbonyl (C=O) groups excluding carboxylic acids is 2. The van der Waals surface area contributed by atoms with E-state index in [2.05, 4.69) is 40.1 Å². The lowest BCUT2D eigenvalue weighted by molar-refractivity contribution is -0.120. The van der Waals surface area contributed by atoms with Gasteiger partial charge in [-0.15, -0.1) is 11.8 Å².